The predicted molar refractivity (Wildman–Crippen MR) is 89.1 cm³/mol. The lowest BCUT2D eigenvalue weighted by Gasteiger charge is -2.34. The van der Waals surface area contributed by atoms with Gasteiger partial charge in [0.25, 0.3) is 0 Å². The molecular weight excluding hydrogens is 240 g/mol. The Labute approximate surface area is 126 Å². The van der Waals surface area contributed by atoms with E-state index in [0.717, 1.165) is 17.8 Å². The molecule has 1 aliphatic carbocycles. The maximum absolute atomic E-state index is 2.43. The van der Waals surface area contributed by atoms with Crippen LogP contribution in [0.1, 0.15) is 76.8 Å². The molecule has 0 heterocycles. The van der Waals surface area contributed by atoms with Crippen molar-refractivity contribution in [2.75, 3.05) is 0 Å². The molecule has 0 nitrogen and oxygen atoms in total. The number of aryl methyl sites for hydroxylation is 1. The zero-order valence-corrected chi connectivity index (χ0v) is 13.9. The lowest BCUT2D eigenvalue weighted by atomic mass is 9.71. The van der Waals surface area contributed by atoms with Crippen LogP contribution < -0.4 is 0 Å². The van der Waals surface area contributed by atoms with E-state index >= 15 is 0 Å². The second kappa shape index (κ2) is 7.29. The fourth-order valence-electron chi connectivity index (χ4n) is 3.93. The van der Waals surface area contributed by atoms with E-state index in [2.05, 4.69) is 52.0 Å². The Morgan fingerprint density at radius 2 is 1.80 bits per heavy atom. The Balaban J connectivity index is 1.95. The molecule has 2 unspecified atom stereocenters. The summed E-state index contributed by atoms with van der Waals surface area (Å²) in [6, 6.07) is 9.26. The largest absolute Gasteiger partial charge is 0.0625 e. The van der Waals surface area contributed by atoms with Crippen LogP contribution in [0.2, 0.25) is 0 Å². The molecule has 0 bridgehead atoms. The summed E-state index contributed by atoms with van der Waals surface area (Å²) in [7, 11) is 0. The molecule has 112 valence electrons. The van der Waals surface area contributed by atoms with Crippen LogP contribution in [0.25, 0.3) is 0 Å². The molecule has 0 N–H and O–H groups in total. The van der Waals surface area contributed by atoms with Gasteiger partial charge in [0.05, 0.1) is 0 Å². The van der Waals surface area contributed by atoms with Crippen LogP contribution in [0.4, 0.5) is 0 Å². The zero-order valence-electron chi connectivity index (χ0n) is 13.9. The highest BCUT2D eigenvalue weighted by atomic mass is 14.3. The van der Waals surface area contributed by atoms with E-state index in [-0.39, 0.29) is 0 Å². The average Bonchev–Trinajstić information content (AvgIpc) is 2.45. The fourth-order valence-corrected chi connectivity index (χ4v) is 3.93. The number of benzene rings is 1. The normalized spacial score (nSPS) is 23.5. The van der Waals surface area contributed by atoms with Gasteiger partial charge in [-0.3, -0.25) is 0 Å². The van der Waals surface area contributed by atoms with E-state index in [1.165, 1.54) is 44.1 Å². The lowest BCUT2D eigenvalue weighted by Crippen LogP contribution is -2.24. The Bertz CT molecular complexity index is 402. The number of rotatable bonds is 5. The van der Waals surface area contributed by atoms with E-state index in [0.29, 0.717) is 5.92 Å². The maximum Gasteiger partial charge on any atom is -0.0219 e. The summed E-state index contributed by atoms with van der Waals surface area (Å²) in [5.41, 5.74) is 3.04. The third-order valence-electron chi connectivity index (χ3n) is 5.25. The molecule has 1 fully saturated rings. The predicted octanol–water partition coefficient (Wildman–Crippen LogP) is 6.21. The molecule has 0 aliphatic heterocycles. The number of hydrogen-bond donors (Lipinski definition) is 0. The molecule has 1 aromatic carbocycles. The minimum Gasteiger partial charge on any atom is -0.0625 e. The van der Waals surface area contributed by atoms with Gasteiger partial charge >= 0.3 is 0 Å². The van der Waals surface area contributed by atoms with Crippen molar-refractivity contribution < 1.29 is 0 Å². The first-order chi connectivity index (χ1) is 9.58. The van der Waals surface area contributed by atoms with E-state index < -0.39 is 0 Å². The molecule has 1 aliphatic rings. The molecule has 0 aromatic heterocycles. The molecule has 2 rings (SSSR count). The van der Waals surface area contributed by atoms with Crippen LogP contribution in [-0.2, 0) is 6.42 Å². The van der Waals surface area contributed by atoms with E-state index in [1.807, 2.05) is 0 Å². The second-order valence-corrected chi connectivity index (χ2v) is 7.39. The minimum atomic E-state index is 0.646. The third-order valence-corrected chi connectivity index (χ3v) is 5.25. The Morgan fingerprint density at radius 3 is 2.50 bits per heavy atom. The van der Waals surface area contributed by atoms with Crippen molar-refractivity contribution >= 4 is 0 Å². The topological polar surface area (TPSA) is 0 Å². The molecule has 1 saturated carbocycles. The van der Waals surface area contributed by atoms with Crippen LogP contribution in [-0.4, -0.2) is 0 Å². The molecule has 1 aromatic rings. The smallest absolute Gasteiger partial charge is 0.0219 e. The highest BCUT2D eigenvalue weighted by Crippen LogP contribution is 2.37. The highest BCUT2D eigenvalue weighted by molar-refractivity contribution is 5.25. The SMILES string of the molecule is CC(C)c1cccc(CCC2CCCCC2C(C)C)c1. The summed E-state index contributed by atoms with van der Waals surface area (Å²) in [6.45, 7) is 9.41. The van der Waals surface area contributed by atoms with Crippen molar-refractivity contribution in [3.05, 3.63) is 35.4 Å². The van der Waals surface area contributed by atoms with Crippen LogP contribution in [0.15, 0.2) is 24.3 Å². The van der Waals surface area contributed by atoms with Gasteiger partial charge in [0.1, 0.15) is 0 Å². The summed E-state index contributed by atoms with van der Waals surface area (Å²) in [5.74, 6) is 3.44. The molecule has 2 atom stereocenters. The van der Waals surface area contributed by atoms with E-state index in [9.17, 15) is 0 Å². The quantitative estimate of drug-likeness (QED) is 0.598. The van der Waals surface area contributed by atoms with Crippen LogP contribution in [0.3, 0.4) is 0 Å². The first-order valence-corrected chi connectivity index (χ1v) is 8.66. The standard InChI is InChI=1S/C20H32/c1-15(2)19-10-7-8-17(14-19)12-13-18-9-5-6-11-20(18)16(3)4/h7-8,10,14-16,18,20H,5-6,9,11-13H2,1-4H3. The summed E-state index contributed by atoms with van der Waals surface area (Å²) >= 11 is 0. The molecule has 0 saturated heterocycles. The lowest BCUT2D eigenvalue weighted by molar-refractivity contribution is 0.171. The summed E-state index contributed by atoms with van der Waals surface area (Å²) < 4.78 is 0. The first kappa shape index (κ1) is 15.6. The molecule has 0 radical (unpaired) electrons. The third kappa shape index (κ3) is 4.11. The molecule has 0 amide bonds. The van der Waals surface area contributed by atoms with Crippen LogP contribution in [0, 0.1) is 17.8 Å². The van der Waals surface area contributed by atoms with Gasteiger partial charge in [0.15, 0.2) is 0 Å². The van der Waals surface area contributed by atoms with Gasteiger partial charge in [-0.25, -0.2) is 0 Å². The van der Waals surface area contributed by atoms with Crippen molar-refractivity contribution in [3.63, 3.8) is 0 Å². The maximum atomic E-state index is 2.43. The zero-order chi connectivity index (χ0) is 14.5. The fraction of sp³-hybridized carbons (Fsp3) is 0.700. The van der Waals surface area contributed by atoms with Crippen molar-refractivity contribution in [1.82, 2.24) is 0 Å². The van der Waals surface area contributed by atoms with Gasteiger partial charge < -0.3 is 0 Å². The van der Waals surface area contributed by atoms with E-state index in [1.54, 1.807) is 5.56 Å². The van der Waals surface area contributed by atoms with Crippen molar-refractivity contribution in [2.24, 2.45) is 17.8 Å². The van der Waals surface area contributed by atoms with Gasteiger partial charge in [-0.1, -0.05) is 71.2 Å². The van der Waals surface area contributed by atoms with Crippen molar-refractivity contribution in [3.8, 4) is 0 Å². The first-order valence-electron chi connectivity index (χ1n) is 8.66. The molecule has 0 spiro atoms. The van der Waals surface area contributed by atoms with Gasteiger partial charge in [0, 0.05) is 0 Å². The Morgan fingerprint density at radius 1 is 1.05 bits per heavy atom. The molecule has 0 heteroatoms. The van der Waals surface area contributed by atoms with Crippen molar-refractivity contribution in [1.29, 1.82) is 0 Å². The average molecular weight is 272 g/mol. The molecule has 20 heavy (non-hydrogen) atoms. The monoisotopic (exact) mass is 272 g/mol. The Kier molecular flexibility index (Phi) is 5.69. The van der Waals surface area contributed by atoms with Gasteiger partial charge in [-0.05, 0) is 54.1 Å². The summed E-state index contributed by atoms with van der Waals surface area (Å²) in [4.78, 5) is 0. The van der Waals surface area contributed by atoms with Gasteiger partial charge in [0.2, 0.25) is 0 Å². The second-order valence-electron chi connectivity index (χ2n) is 7.39. The summed E-state index contributed by atoms with van der Waals surface area (Å²) in [5, 5.41) is 0. The molecular formula is C20H32. The minimum absolute atomic E-state index is 0.646. The van der Waals surface area contributed by atoms with Gasteiger partial charge in [-0.2, -0.15) is 0 Å². The van der Waals surface area contributed by atoms with E-state index in [4.69, 9.17) is 0 Å². The van der Waals surface area contributed by atoms with Crippen molar-refractivity contribution in [2.45, 2.75) is 72.1 Å². The highest BCUT2D eigenvalue weighted by Gasteiger charge is 2.26. The van der Waals surface area contributed by atoms with Gasteiger partial charge in [-0.15, -0.1) is 0 Å². The van der Waals surface area contributed by atoms with Crippen LogP contribution in [0.5, 0.6) is 0 Å². The number of hydrogen-bond acceptors (Lipinski definition) is 0. The Hall–Kier alpha value is -0.780. The van der Waals surface area contributed by atoms with Crippen LogP contribution >= 0.6 is 0 Å². The summed E-state index contributed by atoms with van der Waals surface area (Å²) in [6.07, 6.45) is 8.52.